The van der Waals surface area contributed by atoms with Crippen molar-refractivity contribution in [1.29, 1.82) is 0 Å². The van der Waals surface area contributed by atoms with E-state index in [2.05, 4.69) is 16.7 Å². The second-order valence-corrected chi connectivity index (χ2v) is 3.90. The van der Waals surface area contributed by atoms with E-state index < -0.39 is 0 Å². The fraction of sp³-hybridized carbons (Fsp3) is 0.364. The first-order chi connectivity index (χ1) is 7.27. The molecule has 0 saturated carbocycles. The number of amides is 1. The third kappa shape index (κ3) is 3.83. The van der Waals surface area contributed by atoms with Gasteiger partial charge in [0.15, 0.2) is 0 Å². The van der Waals surface area contributed by atoms with E-state index in [1.165, 1.54) is 4.90 Å². The Morgan fingerprint density at radius 2 is 2.13 bits per heavy atom. The van der Waals surface area contributed by atoms with Gasteiger partial charge >= 0.3 is 0 Å². The number of hydrogen-bond donors (Lipinski definition) is 2. The number of carbonyl (C=O) groups is 1. The quantitative estimate of drug-likeness (QED) is 0.751. The monoisotopic (exact) mass is 224 g/mol. The van der Waals surface area contributed by atoms with Crippen LogP contribution in [0.3, 0.4) is 0 Å². The molecule has 0 saturated heterocycles. The van der Waals surface area contributed by atoms with Crippen LogP contribution in [0.15, 0.2) is 29.2 Å². The van der Waals surface area contributed by atoms with Gasteiger partial charge in [0.1, 0.15) is 0 Å². The molecule has 1 aromatic rings. The average molecular weight is 224 g/mol. The van der Waals surface area contributed by atoms with Crippen molar-refractivity contribution in [2.75, 3.05) is 25.2 Å². The lowest BCUT2D eigenvalue weighted by Gasteiger charge is -2.09. The van der Waals surface area contributed by atoms with Gasteiger partial charge in [0.2, 0.25) is 5.91 Å². The standard InChI is InChI=1S/C11H16N2OS/c1-12-11(14)7-8-13-9-5-3-4-6-10(9)15-2/h3-6,13H,7-8H2,1-2H3,(H,12,14). The molecule has 0 aliphatic rings. The van der Waals surface area contributed by atoms with E-state index in [9.17, 15) is 4.79 Å². The Bertz CT molecular complexity index is 328. The molecule has 3 nitrogen and oxygen atoms in total. The highest BCUT2D eigenvalue weighted by Gasteiger charge is 2.00. The molecule has 0 aliphatic carbocycles. The SMILES string of the molecule is CNC(=O)CCNc1ccccc1SC. The van der Waals surface area contributed by atoms with E-state index in [0.717, 1.165) is 5.69 Å². The number of nitrogens with one attached hydrogen (secondary N) is 2. The lowest BCUT2D eigenvalue weighted by atomic mass is 10.3. The molecule has 0 aromatic heterocycles. The smallest absolute Gasteiger partial charge is 0.221 e. The van der Waals surface area contributed by atoms with E-state index >= 15 is 0 Å². The Morgan fingerprint density at radius 3 is 2.80 bits per heavy atom. The summed E-state index contributed by atoms with van der Waals surface area (Å²) in [6.07, 6.45) is 2.54. The zero-order valence-corrected chi connectivity index (χ0v) is 9.86. The zero-order chi connectivity index (χ0) is 11.1. The number of benzene rings is 1. The average Bonchev–Trinajstić information content (AvgIpc) is 2.29. The topological polar surface area (TPSA) is 41.1 Å². The summed E-state index contributed by atoms with van der Waals surface area (Å²) in [4.78, 5) is 12.2. The lowest BCUT2D eigenvalue weighted by molar-refractivity contribution is -0.120. The Balaban J connectivity index is 2.46. The van der Waals surface area contributed by atoms with Crippen molar-refractivity contribution in [3.8, 4) is 0 Å². The predicted octanol–water partition coefficient (Wildman–Crippen LogP) is 1.96. The molecule has 1 aromatic carbocycles. The number of anilines is 1. The van der Waals surface area contributed by atoms with Crippen molar-refractivity contribution < 1.29 is 4.79 Å². The van der Waals surface area contributed by atoms with Crippen LogP contribution >= 0.6 is 11.8 Å². The van der Waals surface area contributed by atoms with Crippen molar-refractivity contribution in [2.45, 2.75) is 11.3 Å². The number of para-hydroxylation sites is 1. The fourth-order valence-corrected chi connectivity index (χ4v) is 1.80. The van der Waals surface area contributed by atoms with Crippen LogP contribution in [0.4, 0.5) is 5.69 Å². The minimum atomic E-state index is 0.0594. The molecule has 4 heteroatoms. The first-order valence-corrected chi connectivity index (χ1v) is 6.08. The minimum Gasteiger partial charge on any atom is -0.384 e. The zero-order valence-electron chi connectivity index (χ0n) is 9.04. The summed E-state index contributed by atoms with van der Waals surface area (Å²) in [5, 5.41) is 5.84. The number of thioether (sulfide) groups is 1. The van der Waals surface area contributed by atoms with Crippen LogP contribution in [0.1, 0.15) is 6.42 Å². The highest BCUT2D eigenvalue weighted by molar-refractivity contribution is 7.98. The highest BCUT2D eigenvalue weighted by atomic mass is 32.2. The molecule has 0 radical (unpaired) electrons. The van der Waals surface area contributed by atoms with Crippen molar-refractivity contribution in [1.82, 2.24) is 5.32 Å². The molecule has 0 bridgehead atoms. The number of rotatable bonds is 5. The largest absolute Gasteiger partial charge is 0.384 e. The Labute approximate surface area is 94.6 Å². The normalized spacial score (nSPS) is 9.73. The van der Waals surface area contributed by atoms with Crippen molar-refractivity contribution in [3.05, 3.63) is 24.3 Å². The summed E-state index contributed by atoms with van der Waals surface area (Å²) in [5.41, 5.74) is 1.09. The summed E-state index contributed by atoms with van der Waals surface area (Å²) >= 11 is 1.70. The highest BCUT2D eigenvalue weighted by Crippen LogP contribution is 2.24. The van der Waals surface area contributed by atoms with Gasteiger partial charge in [-0.3, -0.25) is 4.79 Å². The van der Waals surface area contributed by atoms with Gasteiger partial charge in [-0.1, -0.05) is 12.1 Å². The molecular formula is C11H16N2OS. The lowest BCUT2D eigenvalue weighted by Crippen LogP contribution is -2.20. The van der Waals surface area contributed by atoms with Crippen LogP contribution in [0.5, 0.6) is 0 Å². The van der Waals surface area contributed by atoms with Crippen molar-refractivity contribution >= 4 is 23.4 Å². The molecule has 15 heavy (non-hydrogen) atoms. The van der Waals surface area contributed by atoms with E-state index in [0.29, 0.717) is 13.0 Å². The van der Waals surface area contributed by atoms with Gasteiger partial charge in [0, 0.05) is 30.6 Å². The molecule has 82 valence electrons. The Morgan fingerprint density at radius 1 is 1.40 bits per heavy atom. The van der Waals surface area contributed by atoms with E-state index in [1.54, 1.807) is 18.8 Å². The maximum Gasteiger partial charge on any atom is 0.221 e. The number of carbonyl (C=O) groups excluding carboxylic acids is 1. The molecule has 0 unspecified atom stereocenters. The molecule has 0 atom stereocenters. The summed E-state index contributed by atoms with van der Waals surface area (Å²) in [6.45, 7) is 0.664. The van der Waals surface area contributed by atoms with Crippen LogP contribution in [0, 0.1) is 0 Å². The van der Waals surface area contributed by atoms with Gasteiger partial charge < -0.3 is 10.6 Å². The van der Waals surface area contributed by atoms with E-state index in [-0.39, 0.29) is 5.91 Å². The summed E-state index contributed by atoms with van der Waals surface area (Å²) in [6, 6.07) is 8.08. The second kappa shape index (κ2) is 6.35. The van der Waals surface area contributed by atoms with Gasteiger partial charge in [-0.15, -0.1) is 11.8 Å². The van der Waals surface area contributed by atoms with Gasteiger partial charge in [-0.2, -0.15) is 0 Å². The van der Waals surface area contributed by atoms with E-state index in [4.69, 9.17) is 0 Å². The molecule has 0 spiro atoms. The summed E-state index contributed by atoms with van der Waals surface area (Å²) < 4.78 is 0. The summed E-state index contributed by atoms with van der Waals surface area (Å²) in [7, 11) is 1.65. The van der Waals surface area contributed by atoms with Crippen LogP contribution in [0.25, 0.3) is 0 Å². The maximum absolute atomic E-state index is 11.0. The third-order valence-corrected chi connectivity index (χ3v) is 2.85. The van der Waals surface area contributed by atoms with Crippen molar-refractivity contribution in [2.24, 2.45) is 0 Å². The molecule has 1 amide bonds. The van der Waals surface area contributed by atoms with Crippen LogP contribution in [-0.4, -0.2) is 25.8 Å². The predicted molar refractivity (Wildman–Crippen MR) is 65.4 cm³/mol. The van der Waals surface area contributed by atoms with Gasteiger partial charge in [-0.25, -0.2) is 0 Å². The van der Waals surface area contributed by atoms with Crippen LogP contribution < -0.4 is 10.6 Å². The number of hydrogen-bond acceptors (Lipinski definition) is 3. The molecular weight excluding hydrogens is 208 g/mol. The van der Waals surface area contributed by atoms with Gasteiger partial charge in [0.05, 0.1) is 0 Å². The van der Waals surface area contributed by atoms with Crippen LogP contribution in [0.2, 0.25) is 0 Å². The fourth-order valence-electron chi connectivity index (χ4n) is 1.23. The van der Waals surface area contributed by atoms with Crippen molar-refractivity contribution in [3.63, 3.8) is 0 Å². The molecule has 2 N–H and O–H groups in total. The molecule has 0 heterocycles. The van der Waals surface area contributed by atoms with Crippen LogP contribution in [-0.2, 0) is 4.79 Å². The van der Waals surface area contributed by atoms with Gasteiger partial charge in [0.25, 0.3) is 0 Å². The molecule has 0 aliphatic heterocycles. The first-order valence-electron chi connectivity index (χ1n) is 4.85. The van der Waals surface area contributed by atoms with E-state index in [1.807, 2.05) is 24.5 Å². The molecule has 0 fully saturated rings. The Kier molecular flexibility index (Phi) is 5.04. The second-order valence-electron chi connectivity index (χ2n) is 3.05. The first kappa shape index (κ1) is 11.9. The van der Waals surface area contributed by atoms with Gasteiger partial charge in [-0.05, 0) is 18.4 Å². The molecule has 1 rings (SSSR count). The third-order valence-electron chi connectivity index (χ3n) is 2.05. The summed E-state index contributed by atoms with van der Waals surface area (Å²) in [5.74, 6) is 0.0594. The Hall–Kier alpha value is -1.16. The minimum absolute atomic E-state index is 0.0594. The maximum atomic E-state index is 11.0.